The summed E-state index contributed by atoms with van der Waals surface area (Å²) < 4.78 is 5.81. The van der Waals surface area contributed by atoms with Crippen molar-refractivity contribution in [2.24, 2.45) is 10.7 Å². The molecule has 0 aliphatic carbocycles. The van der Waals surface area contributed by atoms with E-state index in [0.717, 1.165) is 11.3 Å². The van der Waals surface area contributed by atoms with Crippen molar-refractivity contribution < 1.29 is 29.3 Å². The molecule has 0 radical (unpaired) electrons. The fourth-order valence-corrected chi connectivity index (χ4v) is 3.23. The van der Waals surface area contributed by atoms with E-state index in [4.69, 9.17) is 15.6 Å². The highest BCUT2D eigenvalue weighted by molar-refractivity contribution is 5.97. The standard InChI is InChI=1S/C29H34N4O6/c1-19(18-23-21(3)39-24(32-23)16-15-22-14-11-17-31-22)12-9-7-5-4-6-8-10-13-20(2)28(36)33-25(29(37)38)26(34)27(30)35/h4-18,21,23,25-26,31,34H,1-3H3,(H2,30,35)(H,33,36)(H,37,38)/b6-4+,7-5+,10-8+,12-9+,16-15+,19-18+,20-13+/t21-,23-,25?,26?/m1/s1. The van der Waals surface area contributed by atoms with Crippen LogP contribution in [-0.2, 0) is 19.1 Å². The van der Waals surface area contributed by atoms with Gasteiger partial charge < -0.3 is 31.0 Å². The van der Waals surface area contributed by atoms with Crippen molar-refractivity contribution in [2.75, 3.05) is 0 Å². The number of H-pyrrole nitrogens is 1. The number of aliphatic carboxylic acids is 1. The van der Waals surface area contributed by atoms with E-state index in [9.17, 15) is 19.5 Å². The molecule has 1 aliphatic rings. The van der Waals surface area contributed by atoms with Gasteiger partial charge in [-0.05, 0) is 39.0 Å². The van der Waals surface area contributed by atoms with Crippen molar-refractivity contribution in [3.05, 3.63) is 102 Å². The molecule has 0 fully saturated rings. The molecule has 0 spiro atoms. The van der Waals surface area contributed by atoms with E-state index in [2.05, 4.69) is 21.4 Å². The van der Waals surface area contributed by atoms with Crippen molar-refractivity contribution in [1.82, 2.24) is 10.3 Å². The Morgan fingerprint density at radius 3 is 2.38 bits per heavy atom. The first-order valence-corrected chi connectivity index (χ1v) is 12.2. The number of aromatic amines is 1. The first kappa shape index (κ1) is 30.5. The molecule has 0 saturated heterocycles. The van der Waals surface area contributed by atoms with Crippen LogP contribution in [0.3, 0.4) is 0 Å². The van der Waals surface area contributed by atoms with Gasteiger partial charge in [-0.2, -0.15) is 0 Å². The van der Waals surface area contributed by atoms with Crippen LogP contribution in [0.5, 0.6) is 0 Å². The number of nitrogens with two attached hydrogens (primary N) is 1. The quantitative estimate of drug-likeness (QED) is 0.193. The summed E-state index contributed by atoms with van der Waals surface area (Å²) >= 11 is 0. The lowest BCUT2D eigenvalue weighted by Crippen LogP contribution is -2.53. The zero-order chi connectivity index (χ0) is 28.8. The largest absolute Gasteiger partial charge is 0.480 e. The Hall–Kier alpha value is -4.70. The van der Waals surface area contributed by atoms with Crippen molar-refractivity contribution in [2.45, 2.75) is 45.1 Å². The maximum Gasteiger partial charge on any atom is 0.329 e. The van der Waals surface area contributed by atoms with E-state index in [-0.39, 0.29) is 17.7 Å². The summed E-state index contributed by atoms with van der Waals surface area (Å²) in [6.45, 7) is 5.44. The van der Waals surface area contributed by atoms with Gasteiger partial charge in [-0.3, -0.25) is 9.59 Å². The molecule has 0 aromatic carbocycles. The average molecular weight is 535 g/mol. The lowest BCUT2D eigenvalue weighted by atomic mass is 10.1. The highest BCUT2D eigenvalue weighted by Gasteiger charge is 2.32. The Morgan fingerprint density at radius 2 is 1.77 bits per heavy atom. The van der Waals surface area contributed by atoms with Crippen LogP contribution >= 0.6 is 0 Å². The monoisotopic (exact) mass is 534 g/mol. The Morgan fingerprint density at radius 1 is 1.10 bits per heavy atom. The predicted molar refractivity (Wildman–Crippen MR) is 150 cm³/mol. The summed E-state index contributed by atoms with van der Waals surface area (Å²) in [4.78, 5) is 42.0. The fraction of sp³-hybridized carbons (Fsp3) is 0.241. The number of primary amides is 1. The van der Waals surface area contributed by atoms with Gasteiger partial charge in [-0.15, -0.1) is 0 Å². The number of carbonyl (C=O) groups is 3. The van der Waals surface area contributed by atoms with E-state index in [1.165, 1.54) is 13.0 Å². The van der Waals surface area contributed by atoms with Crippen molar-refractivity contribution in [1.29, 1.82) is 0 Å². The molecule has 0 bridgehead atoms. The first-order chi connectivity index (χ1) is 18.6. The van der Waals surface area contributed by atoms with Crippen LogP contribution in [0.2, 0.25) is 0 Å². The number of aliphatic hydroxyl groups is 1. The number of hydrogen-bond acceptors (Lipinski definition) is 6. The summed E-state index contributed by atoms with van der Waals surface area (Å²) in [6.07, 6.45) is 21.5. The van der Waals surface area contributed by atoms with Gasteiger partial charge in [0.15, 0.2) is 12.1 Å². The summed E-state index contributed by atoms with van der Waals surface area (Å²) in [5.74, 6) is -2.97. The molecule has 6 N–H and O–H groups in total. The summed E-state index contributed by atoms with van der Waals surface area (Å²) in [5.41, 5.74) is 7.11. The molecule has 2 amide bonds. The van der Waals surface area contributed by atoms with Gasteiger partial charge in [0.2, 0.25) is 17.7 Å². The van der Waals surface area contributed by atoms with Gasteiger partial charge in [-0.25, -0.2) is 9.79 Å². The molecule has 39 heavy (non-hydrogen) atoms. The fourth-order valence-electron chi connectivity index (χ4n) is 3.23. The molecular formula is C29H34N4O6. The van der Waals surface area contributed by atoms with Gasteiger partial charge in [0, 0.05) is 23.5 Å². The van der Waals surface area contributed by atoms with Crippen LogP contribution in [0.15, 0.2) is 101 Å². The minimum absolute atomic E-state index is 0.0500. The molecule has 2 rings (SSSR count). The molecule has 1 aromatic rings. The predicted octanol–water partition coefficient (Wildman–Crippen LogP) is 2.75. The van der Waals surface area contributed by atoms with E-state index in [1.807, 2.05) is 68.6 Å². The second kappa shape index (κ2) is 15.5. The van der Waals surface area contributed by atoms with Crippen molar-refractivity contribution in [3.8, 4) is 0 Å². The first-order valence-electron chi connectivity index (χ1n) is 12.2. The van der Waals surface area contributed by atoms with Crippen LogP contribution in [0, 0.1) is 0 Å². The third-order valence-corrected chi connectivity index (χ3v) is 5.42. The Kier molecular flexibility index (Phi) is 12.2. The molecule has 1 aliphatic heterocycles. The topological polar surface area (TPSA) is 167 Å². The van der Waals surface area contributed by atoms with Gasteiger partial charge in [-0.1, -0.05) is 66.3 Å². The normalized spacial score (nSPS) is 20.3. The van der Waals surface area contributed by atoms with Gasteiger partial charge in [0.25, 0.3) is 0 Å². The van der Waals surface area contributed by atoms with E-state index in [0.29, 0.717) is 5.90 Å². The Bertz CT molecular complexity index is 1250. The van der Waals surface area contributed by atoms with Crippen LogP contribution in [0.1, 0.15) is 26.5 Å². The van der Waals surface area contributed by atoms with E-state index < -0.39 is 29.9 Å². The maximum absolute atomic E-state index is 12.1. The minimum Gasteiger partial charge on any atom is -0.480 e. The number of ether oxygens (including phenoxy) is 1. The SMILES string of the molecule is CC(/C=C/C=C/C=C/C=C/C=C(\C)C(=O)NC(C(=O)O)C(O)C(N)=O)=C\[C@H]1N=C(/C=C/c2ccc[nH]2)O[C@@H]1C. The number of aliphatic hydroxyl groups excluding tert-OH is 1. The van der Waals surface area contributed by atoms with Gasteiger partial charge in [0.05, 0.1) is 0 Å². The third kappa shape index (κ3) is 10.7. The molecule has 1 aromatic heterocycles. The molecule has 4 atom stereocenters. The molecule has 10 nitrogen and oxygen atoms in total. The number of carboxylic acid groups (broad SMARTS) is 1. The number of hydrogen-bond donors (Lipinski definition) is 5. The molecule has 206 valence electrons. The number of aliphatic imine (C=N–C) groups is 1. The second-order valence-corrected chi connectivity index (χ2v) is 8.65. The highest BCUT2D eigenvalue weighted by atomic mass is 16.5. The summed E-state index contributed by atoms with van der Waals surface area (Å²) in [7, 11) is 0. The van der Waals surface area contributed by atoms with E-state index >= 15 is 0 Å². The zero-order valence-electron chi connectivity index (χ0n) is 22.0. The second-order valence-electron chi connectivity index (χ2n) is 8.65. The Labute approximate surface area is 227 Å². The number of nitrogens with zero attached hydrogens (tertiary/aromatic N) is 1. The maximum atomic E-state index is 12.1. The third-order valence-electron chi connectivity index (χ3n) is 5.42. The number of allylic oxidation sites excluding steroid dienone is 10. The lowest BCUT2D eigenvalue weighted by Gasteiger charge is -2.17. The number of aromatic nitrogens is 1. The number of nitrogens with one attached hydrogen (secondary N) is 2. The van der Waals surface area contributed by atoms with Crippen molar-refractivity contribution in [3.63, 3.8) is 0 Å². The lowest BCUT2D eigenvalue weighted by molar-refractivity contribution is -0.148. The summed E-state index contributed by atoms with van der Waals surface area (Å²) in [5, 5.41) is 20.7. The Balaban J connectivity index is 1.82. The molecule has 10 heteroatoms. The molecule has 0 saturated carbocycles. The average Bonchev–Trinajstić information content (AvgIpc) is 3.53. The van der Waals surface area contributed by atoms with E-state index in [1.54, 1.807) is 24.3 Å². The number of rotatable bonds is 13. The van der Waals surface area contributed by atoms with Crippen LogP contribution in [0.25, 0.3) is 6.08 Å². The number of amides is 2. The smallest absolute Gasteiger partial charge is 0.329 e. The molecule has 2 unspecified atom stereocenters. The van der Waals surface area contributed by atoms with Crippen LogP contribution < -0.4 is 11.1 Å². The molecular weight excluding hydrogens is 500 g/mol. The zero-order valence-corrected chi connectivity index (χ0v) is 22.0. The highest BCUT2D eigenvalue weighted by Crippen LogP contribution is 2.17. The van der Waals surface area contributed by atoms with Gasteiger partial charge >= 0.3 is 5.97 Å². The van der Waals surface area contributed by atoms with Gasteiger partial charge in [0.1, 0.15) is 12.1 Å². The summed E-state index contributed by atoms with van der Waals surface area (Å²) in [6, 6.07) is 1.99. The van der Waals surface area contributed by atoms with Crippen LogP contribution in [0.4, 0.5) is 0 Å². The van der Waals surface area contributed by atoms with Crippen molar-refractivity contribution >= 4 is 29.8 Å². The van der Waals surface area contributed by atoms with Crippen LogP contribution in [-0.4, -0.2) is 63.2 Å². The molecule has 2 heterocycles. The number of carboxylic acids is 1. The minimum atomic E-state index is -2.04. The number of carbonyl (C=O) groups excluding carboxylic acids is 2.